The summed E-state index contributed by atoms with van der Waals surface area (Å²) in [6.45, 7) is 0.0781. The van der Waals surface area contributed by atoms with Gasteiger partial charge in [0.2, 0.25) is 17.7 Å². The topological polar surface area (TPSA) is 66.5 Å². The smallest absolute Gasteiger partial charge is 0.233 e. The van der Waals surface area contributed by atoms with Gasteiger partial charge in [-0.2, -0.15) is 0 Å². The second-order valence-corrected chi connectivity index (χ2v) is 6.75. The van der Waals surface area contributed by atoms with E-state index in [1.165, 1.54) is 4.90 Å². The molecule has 1 heterocycles. The summed E-state index contributed by atoms with van der Waals surface area (Å²) in [5, 5.41) is 3.48. The first-order valence-corrected chi connectivity index (χ1v) is 8.48. The Labute approximate surface area is 149 Å². The van der Waals surface area contributed by atoms with Crippen LogP contribution in [-0.2, 0) is 14.4 Å². The van der Waals surface area contributed by atoms with Crippen molar-refractivity contribution in [3.05, 3.63) is 40.4 Å². The summed E-state index contributed by atoms with van der Waals surface area (Å²) in [6.07, 6.45) is 5.08. The predicted octanol–water partition coefficient (Wildman–Crippen LogP) is 3.27. The summed E-state index contributed by atoms with van der Waals surface area (Å²) < 4.78 is 0. The molecule has 0 saturated carbocycles. The van der Waals surface area contributed by atoms with E-state index >= 15 is 0 Å². The molecule has 1 aromatic carbocycles. The zero-order valence-electron chi connectivity index (χ0n) is 12.8. The third kappa shape index (κ3) is 3.32. The quantitative estimate of drug-likeness (QED) is 0.656. The minimum absolute atomic E-state index is 0.0210. The summed E-state index contributed by atoms with van der Waals surface area (Å²) in [5.74, 6) is -1.22. The van der Waals surface area contributed by atoms with E-state index in [1.807, 2.05) is 12.2 Å². The normalized spacial score (nSPS) is 22.7. The molecule has 24 heavy (non-hydrogen) atoms. The number of allylic oxidation sites excluding steroid dienone is 2. The van der Waals surface area contributed by atoms with Gasteiger partial charge in [0.1, 0.15) is 0 Å². The van der Waals surface area contributed by atoms with Crippen LogP contribution >= 0.6 is 23.2 Å². The fraction of sp³-hybridized carbons (Fsp3) is 0.353. The van der Waals surface area contributed by atoms with Crippen molar-refractivity contribution in [2.75, 3.05) is 11.9 Å². The maximum Gasteiger partial charge on any atom is 0.233 e. The number of imide groups is 1. The number of halogens is 2. The molecule has 0 spiro atoms. The minimum Gasteiger partial charge on any atom is -0.325 e. The molecular formula is C17H16Cl2N2O3. The number of anilines is 1. The van der Waals surface area contributed by atoms with Crippen molar-refractivity contribution < 1.29 is 14.4 Å². The molecule has 0 unspecified atom stereocenters. The van der Waals surface area contributed by atoms with E-state index in [1.54, 1.807) is 18.2 Å². The average Bonchev–Trinajstić information content (AvgIpc) is 2.81. The number of likely N-dealkylation sites (tertiary alicyclic amines) is 1. The first-order chi connectivity index (χ1) is 11.5. The molecule has 1 N–H and O–H groups in total. The van der Waals surface area contributed by atoms with Gasteiger partial charge in [0.05, 0.1) is 22.5 Å². The molecule has 0 radical (unpaired) electrons. The van der Waals surface area contributed by atoms with E-state index in [-0.39, 0.29) is 42.5 Å². The van der Waals surface area contributed by atoms with Crippen LogP contribution in [0.25, 0.3) is 0 Å². The molecule has 1 saturated heterocycles. The molecule has 2 aliphatic rings. The SMILES string of the molecule is O=C(CCN1C(=O)[C@@H]2CC=CC[C@H]2C1=O)Nc1cc(Cl)ccc1Cl. The Hall–Kier alpha value is -1.85. The number of nitrogens with one attached hydrogen (secondary N) is 1. The highest BCUT2D eigenvalue weighted by Crippen LogP contribution is 2.35. The summed E-state index contributed by atoms with van der Waals surface area (Å²) in [7, 11) is 0. The van der Waals surface area contributed by atoms with Gasteiger partial charge in [-0.15, -0.1) is 0 Å². The standard InChI is InChI=1S/C17H16Cl2N2O3/c18-10-5-6-13(19)14(9-10)20-15(22)7-8-21-16(23)11-3-1-2-4-12(11)17(21)24/h1-2,5-6,9,11-12H,3-4,7-8H2,(H,20,22)/t11-,12-/m1/s1. The molecule has 1 aromatic rings. The summed E-state index contributed by atoms with van der Waals surface area (Å²) in [4.78, 5) is 37.9. The Bertz CT molecular complexity index is 707. The molecule has 0 aromatic heterocycles. The number of carbonyl (C=O) groups is 3. The number of carbonyl (C=O) groups excluding carboxylic acids is 3. The fourth-order valence-corrected chi connectivity index (χ4v) is 3.45. The first-order valence-electron chi connectivity index (χ1n) is 7.72. The van der Waals surface area contributed by atoms with Crippen LogP contribution in [0.3, 0.4) is 0 Å². The molecule has 3 rings (SSSR count). The number of hydrogen-bond acceptors (Lipinski definition) is 3. The lowest BCUT2D eigenvalue weighted by atomic mass is 9.85. The van der Waals surface area contributed by atoms with Crippen LogP contribution in [0.5, 0.6) is 0 Å². The van der Waals surface area contributed by atoms with Gasteiger partial charge in [0, 0.05) is 18.0 Å². The van der Waals surface area contributed by atoms with E-state index in [4.69, 9.17) is 23.2 Å². The predicted molar refractivity (Wildman–Crippen MR) is 91.8 cm³/mol. The lowest BCUT2D eigenvalue weighted by Crippen LogP contribution is -2.34. The molecule has 126 valence electrons. The largest absolute Gasteiger partial charge is 0.325 e. The van der Waals surface area contributed by atoms with Crippen LogP contribution in [0.2, 0.25) is 10.0 Å². The van der Waals surface area contributed by atoms with Crippen LogP contribution in [0.4, 0.5) is 5.69 Å². The van der Waals surface area contributed by atoms with E-state index in [2.05, 4.69) is 5.32 Å². The Morgan fingerprint density at radius 3 is 2.38 bits per heavy atom. The number of benzene rings is 1. The molecule has 5 nitrogen and oxygen atoms in total. The number of nitrogens with zero attached hydrogens (tertiary/aromatic N) is 1. The lowest BCUT2D eigenvalue weighted by Gasteiger charge is -2.14. The van der Waals surface area contributed by atoms with E-state index in [0.29, 0.717) is 28.6 Å². The van der Waals surface area contributed by atoms with Gasteiger partial charge in [-0.05, 0) is 31.0 Å². The third-order valence-corrected chi connectivity index (χ3v) is 4.93. The highest BCUT2D eigenvalue weighted by atomic mass is 35.5. The molecule has 1 aliphatic carbocycles. The minimum atomic E-state index is -0.326. The Kier molecular flexibility index (Phi) is 4.92. The summed E-state index contributed by atoms with van der Waals surface area (Å²) in [6, 6.07) is 4.76. The van der Waals surface area contributed by atoms with Crippen molar-refractivity contribution in [1.82, 2.24) is 4.90 Å². The summed E-state index contributed by atoms with van der Waals surface area (Å²) >= 11 is 11.9. The Morgan fingerprint density at radius 1 is 1.12 bits per heavy atom. The monoisotopic (exact) mass is 366 g/mol. The molecular weight excluding hydrogens is 351 g/mol. The number of hydrogen-bond donors (Lipinski definition) is 1. The van der Waals surface area contributed by atoms with Crippen LogP contribution in [0, 0.1) is 11.8 Å². The summed E-state index contributed by atoms with van der Waals surface area (Å²) in [5.41, 5.74) is 0.408. The van der Waals surface area contributed by atoms with Crippen LogP contribution in [0.15, 0.2) is 30.4 Å². The van der Waals surface area contributed by atoms with Crippen molar-refractivity contribution in [3.63, 3.8) is 0 Å². The molecule has 7 heteroatoms. The van der Waals surface area contributed by atoms with Gasteiger partial charge in [0.25, 0.3) is 0 Å². The number of amides is 3. The molecule has 2 atom stereocenters. The van der Waals surface area contributed by atoms with Crippen molar-refractivity contribution >= 4 is 46.6 Å². The third-order valence-electron chi connectivity index (χ3n) is 4.36. The van der Waals surface area contributed by atoms with Crippen molar-refractivity contribution in [1.29, 1.82) is 0 Å². The molecule has 1 fully saturated rings. The van der Waals surface area contributed by atoms with Crippen LogP contribution in [0.1, 0.15) is 19.3 Å². The van der Waals surface area contributed by atoms with Crippen molar-refractivity contribution in [2.24, 2.45) is 11.8 Å². The van der Waals surface area contributed by atoms with Crippen molar-refractivity contribution in [2.45, 2.75) is 19.3 Å². The van der Waals surface area contributed by atoms with E-state index in [9.17, 15) is 14.4 Å². The van der Waals surface area contributed by atoms with Gasteiger partial charge in [-0.1, -0.05) is 35.4 Å². The molecule has 0 bridgehead atoms. The second-order valence-electron chi connectivity index (χ2n) is 5.91. The Morgan fingerprint density at radius 2 is 1.75 bits per heavy atom. The van der Waals surface area contributed by atoms with Crippen molar-refractivity contribution in [3.8, 4) is 0 Å². The zero-order chi connectivity index (χ0) is 17.3. The average molecular weight is 367 g/mol. The van der Waals surface area contributed by atoms with Gasteiger partial charge in [0.15, 0.2) is 0 Å². The highest BCUT2D eigenvalue weighted by Gasteiger charge is 2.46. The lowest BCUT2D eigenvalue weighted by molar-refractivity contribution is -0.140. The molecule has 3 amide bonds. The second kappa shape index (κ2) is 6.95. The number of rotatable bonds is 4. The van der Waals surface area contributed by atoms with Crippen LogP contribution in [-0.4, -0.2) is 29.2 Å². The number of fused-ring (bicyclic) bond motifs is 1. The maximum atomic E-state index is 12.3. The highest BCUT2D eigenvalue weighted by molar-refractivity contribution is 6.35. The van der Waals surface area contributed by atoms with E-state index in [0.717, 1.165) is 0 Å². The van der Waals surface area contributed by atoms with Gasteiger partial charge in [-0.3, -0.25) is 19.3 Å². The zero-order valence-corrected chi connectivity index (χ0v) is 14.3. The first kappa shape index (κ1) is 17.0. The van der Waals surface area contributed by atoms with E-state index < -0.39 is 0 Å². The Balaban J connectivity index is 1.59. The van der Waals surface area contributed by atoms with Gasteiger partial charge < -0.3 is 5.32 Å². The molecule has 1 aliphatic heterocycles. The van der Waals surface area contributed by atoms with Crippen LogP contribution < -0.4 is 5.32 Å². The maximum absolute atomic E-state index is 12.3. The fourth-order valence-electron chi connectivity index (χ4n) is 3.11. The van der Waals surface area contributed by atoms with Gasteiger partial charge in [-0.25, -0.2) is 0 Å². The van der Waals surface area contributed by atoms with Gasteiger partial charge >= 0.3 is 0 Å².